The van der Waals surface area contributed by atoms with Gasteiger partial charge in [0.15, 0.2) is 0 Å². The molecule has 1 aromatic heterocycles. The molecule has 0 bridgehead atoms. The Labute approximate surface area is 141 Å². The second kappa shape index (κ2) is 7.62. The van der Waals surface area contributed by atoms with E-state index in [1.165, 1.54) is 0 Å². The van der Waals surface area contributed by atoms with E-state index < -0.39 is 0 Å². The van der Waals surface area contributed by atoms with Crippen LogP contribution in [0.5, 0.6) is 5.75 Å². The number of ether oxygens (including phenoxy) is 1. The zero-order chi connectivity index (χ0) is 16.8. The monoisotopic (exact) mass is 320 g/mol. The van der Waals surface area contributed by atoms with Gasteiger partial charge in [-0.2, -0.15) is 0 Å². The molecule has 0 aliphatic rings. The minimum Gasteiger partial charge on any atom is -0.497 e. The highest BCUT2D eigenvalue weighted by Gasteiger charge is 2.10. The van der Waals surface area contributed by atoms with Crippen LogP contribution in [-0.2, 0) is 0 Å². The zero-order valence-electron chi connectivity index (χ0n) is 13.5. The van der Waals surface area contributed by atoms with Crippen molar-refractivity contribution in [2.45, 2.75) is 6.04 Å². The molecule has 0 aliphatic carbocycles. The smallest absolute Gasteiger partial charge is 0.119 e. The number of anilines is 1. The number of methoxy groups -OCH3 is 1. The highest BCUT2D eigenvalue weighted by molar-refractivity contribution is 5.68. The summed E-state index contributed by atoms with van der Waals surface area (Å²) in [5.41, 5.74) is 3.92. The van der Waals surface area contributed by atoms with E-state index in [9.17, 15) is 5.11 Å². The Hall–Kier alpha value is -2.85. The Morgan fingerprint density at radius 2 is 1.83 bits per heavy atom. The van der Waals surface area contributed by atoms with Gasteiger partial charge in [-0.3, -0.25) is 4.98 Å². The molecule has 2 N–H and O–H groups in total. The normalized spacial score (nSPS) is 11.8. The molecular weight excluding hydrogens is 300 g/mol. The number of nitrogens with one attached hydrogen (secondary N) is 1. The first-order valence-electron chi connectivity index (χ1n) is 7.82. The van der Waals surface area contributed by atoms with Crippen LogP contribution in [0.2, 0.25) is 0 Å². The lowest BCUT2D eigenvalue weighted by atomic mass is 10.1. The minimum absolute atomic E-state index is 0.00734. The zero-order valence-corrected chi connectivity index (χ0v) is 13.5. The van der Waals surface area contributed by atoms with Crippen LogP contribution in [-0.4, -0.2) is 23.8 Å². The number of aliphatic hydroxyl groups excluding tert-OH is 1. The van der Waals surface area contributed by atoms with Crippen LogP contribution >= 0.6 is 0 Å². The molecule has 0 radical (unpaired) electrons. The molecule has 24 heavy (non-hydrogen) atoms. The maximum absolute atomic E-state index is 9.70. The van der Waals surface area contributed by atoms with Gasteiger partial charge in [-0.1, -0.05) is 42.5 Å². The van der Waals surface area contributed by atoms with Gasteiger partial charge in [0, 0.05) is 18.0 Å². The van der Waals surface area contributed by atoms with Gasteiger partial charge in [-0.05, 0) is 29.3 Å². The predicted octanol–water partition coefficient (Wildman–Crippen LogP) is 3.90. The average Bonchev–Trinajstić information content (AvgIpc) is 2.67. The van der Waals surface area contributed by atoms with E-state index in [1.807, 2.05) is 66.9 Å². The van der Waals surface area contributed by atoms with E-state index in [2.05, 4.69) is 10.3 Å². The van der Waals surface area contributed by atoms with Crippen molar-refractivity contribution < 1.29 is 9.84 Å². The minimum atomic E-state index is -0.173. The van der Waals surface area contributed by atoms with Crippen LogP contribution in [0.15, 0.2) is 73.1 Å². The molecule has 2 aromatic carbocycles. The number of nitrogens with zero attached hydrogens (tertiary/aromatic N) is 1. The van der Waals surface area contributed by atoms with Crippen molar-refractivity contribution >= 4 is 5.69 Å². The maximum atomic E-state index is 9.70. The first-order valence-corrected chi connectivity index (χ1v) is 7.82. The van der Waals surface area contributed by atoms with Crippen LogP contribution in [0, 0.1) is 0 Å². The van der Waals surface area contributed by atoms with E-state index in [0.717, 1.165) is 28.1 Å². The maximum Gasteiger partial charge on any atom is 0.119 e. The molecule has 0 saturated carbocycles. The summed E-state index contributed by atoms with van der Waals surface area (Å²) in [6.45, 7) is 0.00734. The molecule has 0 aliphatic heterocycles. The number of hydrogen-bond donors (Lipinski definition) is 2. The van der Waals surface area contributed by atoms with Crippen LogP contribution in [0.3, 0.4) is 0 Å². The fourth-order valence-electron chi connectivity index (χ4n) is 2.60. The summed E-state index contributed by atoms with van der Waals surface area (Å²) in [6.07, 6.45) is 3.58. The third kappa shape index (κ3) is 3.73. The molecule has 4 nitrogen and oxygen atoms in total. The quantitative estimate of drug-likeness (QED) is 0.723. The lowest BCUT2D eigenvalue weighted by Crippen LogP contribution is -2.14. The first kappa shape index (κ1) is 16.0. The second-order valence-electron chi connectivity index (χ2n) is 5.48. The Morgan fingerprint density at radius 3 is 2.58 bits per heavy atom. The van der Waals surface area contributed by atoms with Crippen molar-refractivity contribution in [3.8, 4) is 16.9 Å². The van der Waals surface area contributed by atoms with Gasteiger partial charge in [0.05, 0.1) is 25.4 Å². The molecule has 0 spiro atoms. The number of hydrogen-bond acceptors (Lipinski definition) is 4. The van der Waals surface area contributed by atoms with Crippen molar-refractivity contribution in [2.24, 2.45) is 0 Å². The summed E-state index contributed by atoms with van der Waals surface area (Å²) in [6, 6.07) is 19.6. The highest BCUT2D eigenvalue weighted by atomic mass is 16.5. The molecule has 0 fully saturated rings. The highest BCUT2D eigenvalue weighted by Crippen LogP contribution is 2.26. The van der Waals surface area contributed by atoms with Crippen LogP contribution in [0.4, 0.5) is 5.69 Å². The van der Waals surface area contributed by atoms with Crippen molar-refractivity contribution in [3.05, 3.63) is 78.6 Å². The molecule has 0 saturated heterocycles. The average molecular weight is 320 g/mol. The summed E-state index contributed by atoms with van der Waals surface area (Å²) in [4.78, 5) is 4.31. The Morgan fingerprint density at radius 1 is 1.00 bits per heavy atom. The number of pyridine rings is 1. The predicted molar refractivity (Wildman–Crippen MR) is 96.1 cm³/mol. The van der Waals surface area contributed by atoms with Crippen LogP contribution in [0.1, 0.15) is 11.6 Å². The van der Waals surface area contributed by atoms with Gasteiger partial charge in [-0.15, -0.1) is 0 Å². The summed E-state index contributed by atoms with van der Waals surface area (Å²) >= 11 is 0. The Bertz CT molecular complexity index is 790. The second-order valence-corrected chi connectivity index (χ2v) is 5.48. The van der Waals surface area contributed by atoms with Gasteiger partial charge in [0.2, 0.25) is 0 Å². The fraction of sp³-hybridized carbons (Fsp3) is 0.150. The number of aliphatic hydroxyl groups is 1. The standard InChI is InChI=1S/C20H20N2O2/c1-24-19-9-5-8-16(11-19)17-10-18(13-21-12-17)22-20(14-23)15-6-3-2-4-7-15/h2-13,20,22-23H,14H2,1H3. The number of aromatic nitrogens is 1. The van der Waals surface area contributed by atoms with E-state index in [0.29, 0.717) is 0 Å². The SMILES string of the molecule is COc1cccc(-c2cncc(NC(CO)c3ccccc3)c2)c1. The Balaban J connectivity index is 1.84. The van der Waals surface area contributed by atoms with Gasteiger partial charge in [0.1, 0.15) is 5.75 Å². The Kier molecular flexibility index (Phi) is 5.08. The van der Waals surface area contributed by atoms with Crippen molar-refractivity contribution in [1.29, 1.82) is 0 Å². The number of rotatable bonds is 6. The topological polar surface area (TPSA) is 54.4 Å². The molecular formula is C20H20N2O2. The van der Waals surface area contributed by atoms with Crippen molar-refractivity contribution in [2.75, 3.05) is 19.0 Å². The lowest BCUT2D eigenvalue weighted by Gasteiger charge is -2.18. The van der Waals surface area contributed by atoms with Gasteiger partial charge in [-0.25, -0.2) is 0 Å². The van der Waals surface area contributed by atoms with E-state index in [-0.39, 0.29) is 12.6 Å². The third-order valence-electron chi connectivity index (χ3n) is 3.87. The van der Waals surface area contributed by atoms with E-state index in [4.69, 9.17) is 4.74 Å². The number of benzene rings is 2. The van der Waals surface area contributed by atoms with E-state index >= 15 is 0 Å². The molecule has 1 heterocycles. The van der Waals surface area contributed by atoms with Gasteiger partial charge >= 0.3 is 0 Å². The summed E-state index contributed by atoms with van der Waals surface area (Å²) in [5, 5.41) is 13.0. The summed E-state index contributed by atoms with van der Waals surface area (Å²) in [5.74, 6) is 0.809. The fourth-order valence-corrected chi connectivity index (χ4v) is 2.60. The van der Waals surface area contributed by atoms with Crippen LogP contribution < -0.4 is 10.1 Å². The van der Waals surface area contributed by atoms with E-state index in [1.54, 1.807) is 13.3 Å². The molecule has 3 aromatic rings. The molecule has 1 atom stereocenters. The lowest BCUT2D eigenvalue weighted by molar-refractivity contribution is 0.276. The first-order chi connectivity index (χ1) is 11.8. The molecule has 4 heteroatoms. The van der Waals surface area contributed by atoms with Gasteiger partial charge in [0.25, 0.3) is 0 Å². The van der Waals surface area contributed by atoms with Crippen molar-refractivity contribution in [1.82, 2.24) is 4.98 Å². The van der Waals surface area contributed by atoms with Crippen LogP contribution in [0.25, 0.3) is 11.1 Å². The molecule has 3 rings (SSSR count). The van der Waals surface area contributed by atoms with Gasteiger partial charge < -0.3 is 15.2 Å². The molecule has 1 unspecified atom stereocenters. The largest absolute Gasteiger partial charge is 0.497 e. The van der Waals surface area contributed by atoms with Crippen molar-refractivity contribution in [3.63, 3.8) is 0 Å². The molecule has 122 valence electrons. The third-order valence-corrected chi connectivity index (χ3v) is 3.87. The summed E-state index contributed by atoms with van der Waals surface area (Å²) < 4.78 is 5.28. The summed E-state index contributed by atoms with van der Waals surface area (Å²) in [7, 11) is 1.65. The molecule has 0 amide bonds.